The molecule has 1 amide bonds. The molecule has 1 aromatic rings. The molecule has 1 atom stereocenters. The highest BCUT2D eigenvalue weighted by Gasteiger charge is 2.40. The molecule has 1 unspecified atom stereocenters. The number of aromatic nitrogens is 2. The van der Waals surface area contributed by atoms with Gasteiger partial charge in [-0.2, -0.15) is 5.10 Å². The lowest BCUT2D eigenvalue weighted by Gasteiger charge is -2.37. The zero-order valence-electron chi connectivity index (χ0n) is 14.8. The van der Waals surface area contributed by atoms with Crippen LogP contribution in [0.4, 0.5) is 0 Å². The Morgan fingerprint density at radius 2 is 2.09 bits per heavy atom. The summed E-state index contributed by atoms with van der Waals surface area (Å²) in [7, 11) is 7.85. The van der Waals surface area contributed by atoms with E-state index in [1.807, 2.05) is 23.6 Å². The van der Waals surface area contributed by atoms with Crippen molar-refractivity contribution in [3.63, 3.8) is 0 Å². The third-order valence-electron chi connectivity index (χ3n) is 5.06. The van der Waals surface area contributed by atoms with Crippen LogP contribution in [0.3, 0.4) is 0 Å². The van der Waals surface area contributed by atoms with Gasteiger partial charge in [0.15, 0.2) is 0 Å². The van der Waals surface area contributed by atoms with E-state index in [9.17, 15) is 4.79 Å². The highest BCUT2D eigenvalue weighted by atomic mass is 16.2. The van der Waals surface area contributed by atoms with Gasteiger partial charge < -0.3 is 4.90 Å². The van der Waals surface area contributed by atoms with Crippen LogP contribution in [-0.2, 0) is 7.05 Å². The van der Waals surface area contributed by atoms with E-state index in [0.29, 0.717) is 6.32 Å². The van der Waals surface area contributed by atoms with E-state index in [1.54, 1.807) is 0 Å². The third-order valence-corrected chi connectivity index (χ3v) is 5.06. The summed E-state index contributed by atoms with van der Waals surface area (Å²) in [6.07, 6.45) is 2.67. The van der Waals surface area contributed by atoms with E-state index >= 15 is 0 Å². The molecule has 0 bridgehead atoms. The Hall–Kier alpha value is -1.26. The van der Waals surface area contributed by atoms with E-state index in [2.05, 4.69) is 32.8 Å². The van der Waals surface area contributed by atoms with Gasteiger partial charge in [-0.05, 0) is 31.1 Å². The average molecular weight is 301 g/mol. The summed E-state index contributed by atoms with van der Waals surface area (Å²) in [5, 5.41) is 4.55. The smallest absolute Gasteiger partial charge is 0.257 e. The molecule has 120 valence electrons. The van der Waals surface area contributed by atoms with Gasteiger partial charge in [0, 0.05) is 25.3 Å². The monoisotopic (exact) mass is 301 g/mol. The van der Waals surface area contributed by atoms with Crippen LogP contribution < -0.4 is 0 Å². The summed E-state index contributed by atoms with van der Waals surface area (Å²) in [5.41, 5.74) is 2.59. The van der Waals surface area contributed by atoms with Crippen molar-refractivity contribution < 1.29 is 4.79 Å². The van der Waals surface area contributed by atoms with Crippen molar-refractivity contribution in [3.05, 3.63) is 17.0 Å². The molecule has 1 aliphatic heterocycles. The molecule has 0 saturated carbocycles. The minimum atomic E-state index is -0.0553. The third kappa shape index (κ3) is 2.82. The van der Waals surface area contributed by atoms with Crippen LogP contribution in [0, 0.1) is 12.3 Å². The van der Waals surface area contributed by atoms with Crippen LogP contribution in [0.25, 0.3) is 0 Å². The van der Waals surface area contributed by atoms with Crippen LogP contribution >= 0.6 is 0 Å². The number of aryl methyl sites for hydroxylation is 1. The van der Waals surface area contributed by atoms with Crippen molar-refractivity contribution in [1.29, 1.82) is 0 Å². The molecule has 5 heteroatoms. The molecule has 0 spiro atoms. The van der Waals surface area contributed by atoms with Gasteiger partial charge in [0.25, 0.3) is 5.91 Å². The normalized spacial score (nSPS) is 19.2. The number of hydrogen-bond acceptors (Lipinski definition) is 2. The van der Waals surface area contributed by atoms with Gasteiger partial charge in [-0.1, -0.05) is 34.0 Å². The molecule has 1 aliphatic rings. The zero-order valence-corrected chi connectivity index (χ0v) is 14.8. The number of carbonyl (C=O) groups is 1. The zero-order chi connectivity index (χ0) is 16.7. The first kappa shape index (κ1) is 17.1. The fourth-order valence-corrected chi connectivity index (χ4v) is 3.40. The Labute approximate surface area is 135 Å². The van der Waals surface area contributed by atoms with Crippen LogP contribution in [0.2, 0.25) is 6.32 Å². The maximum atomic E-state index is 13.2. The summed E-state index contributed by atoms with van der Waals surface area (Å²) in [6.45, 7) is 11.3. The molecule has 0 N–H and O–H groups in total. The molecular weight excluding hydrogens is 273 g/mol. The van der Waals surface area contributed by atoms with Gasteiger partial charge in [-0.25, -0.2) is 0 Å². The van der Waals surface area contributed by atoms with Crippen molar-refractivity contribution in [2.24, 2.45) is 12.5 Å². The molecule has 2 radical (unpaired) electrons. The lowest BCUT2D eigenvalue weighted by molar-refractivity contribution is 0.0625. The Kier molecular flexibility index (Phi) is 4.74. The van der Waals surface area contributed by atoms with Crippen molar-refractivity contribution in [3.8, 4) is 0 Å². The van der Waals surface area contributed by atoms with Crippen LogP contribution in [-0.4, -0.2) is 41.0 Å². The molecule has 1 aromatic heterocycles. The summed E-state index contributed by atoms with van der Waals surface area (Å²) in [4.78, 5) is 15.2. The fourth-order valence-electron chi connectivity index (χ4n) is 3.40. The Morgan fingerprint density at radius 3 is 2.64 bits per heavy atom. The second kappa shape index (κ2) is 6.09. The van der Waals surface area contributed by atoms with E-state index in [-0.39, 0.29) is 23.3 Å². The number of amides is 1. The van der Waals surface area contributed by atoms with Crippen LogP contribution in [0.5, 0.6) is 0 Å². The Morgan fingerprint density at radius 1 is 1.45 bits per heavy atom. The highest BCUT2D eigenvalue weighted by Crippen LogP contribution is 2.37. The van der Waals surface area contributed by atoms with Crippen molar-refractivity contribution in [2.75, 3.05) is 6.54 Å². The molecule has 2 heterocycles. The first-order valence-electron chi connectivity index (χ1n) is 8.25. The van der Waals surface area contributed by atoms with Crippen molar-refractivity contribution in [2.45, 2.75) is 65.7 Å². The largest absolute Gasteiger partial charge is 0.335 e. The lowest BCUT2D eigenvalue weighted by atomic mass is 9.73. The second-order valence-corrected chi connectivity index (χ2v) is 7.47. The van der Waals surface area contributed by atoms with E-state index in [4.69, 9.17) is 7.85 Å². The number of likely N-dealkylation sites (tertiary alicyclic amines) is 1. The van der Waals surface area contributed by atoms with Gasteiger partial charge >= 0.3 is 0 Å². The quantitative estimate of drug-likeness (QED) is 0.802. The maximum absolute atomic E-state index is 13.2. The first-order valence-corrected chi connectivity index (χ1v) is 8.25. The molecule has 22 heavy (non-hydrogen) atoms. The molecule has 0 aromatic carbocycles. The predicted molar refractivity (Wildman–Crippen MR) is 90.4 cm³/mol. The van der Waals surface area contributed by atoms with Gasteiger partial charge in [-0.3, -0.25) is 9.48 Å². The summed E-state index contributed by atoms with van der Waals surface area (Å²) < 4.78 is 1.82. The molecule has 1 saturated heterocycles. The fraction of sp³-hybridized carbons (Fsp3) is 0.765. The van der Waals surface area contributed by atoms with Crippen molar-refractivity contribution >= 4 is 13.8 Å². The summed E-state index contributed by atoms with van der Waals surface area (Å²) in [5.74, 6) is 0.362. The number of nitrogens with zero attached hydrogens (tertiary/aromatic N) is 3. The van der Waals surface area contributed by atoms with Gasteiger partial charge in [0.05, 0.1) is 19.1 Å². The highest BCUT2D eigenvalue weighted by molar-refractivity contribution is 6.09. The Bertz CT molecular complexity index is 562. The second-order valence-electron chi connectivity index (χ2n) is 7.47. The molecule has 4 nitrogen and oxygen atoms in total. The predicted octanol–water partition coefficient (Wildman–Crippen LogP) is 3.07. The summed E-state index contributed by atoms with van der Waals surface area (Å²) >= 11 is 0. The standard InChI is InChI=1S/C17H28BN3O/c1-11(2)15-14(12(3)20(6)19-15)16(22)21-9-7-8-13(21)17(4,5)10-18/h11,13H,7-10H2,1-6H3. The molecule has 2 rings (SSSR count). The van der Waals surface area contributed by atoms with E-state index in [1.165, 1.54) is 0 Å². The van der Waals surface area contributed by atoms with Crippen LogP contribution in [0.1, 0.15) is 68.2 Å². The number of hydrogen-bond donors (Lipinski definition) is 0. The van der Waals surface area contributed by atoms with Crippen molar-refractivity contribution in [1.82, 2.24) is 14.7 Å². The Balaban J connectivity index is 2.40. The van der Waals surface area contributed by atoms with Gasteiger partial charge in [0.1, 0.15) is 0 Å². The number of carbonyl (C=O) groups excluding carboxylic acids is 1. The SMILES string of the molecule is [B]CC(C)(C)C1CCCN1C(=O)c1c(C(C)C)nn(C)c1C. The van der Waals surface area contributed by atoms with Gasteiger partial charge in [-0.15, -0.1) is 0 Å². The minimum Gasteiger partial charge on any atom is -0.335 e. The number of rotatable bonds is 4. The first-order chi connectivity index (χ1) is 10.2. The topological polar surface area (TPSA) is 38.1 Å². The summed E-state index contributed by atoms with van der Waals surface area (Å²) in [6, 6.07) is 0.213. The lowest BCUT2D eigenvalue weighted by Crippen LogP contribution is -2.44. The van der Waals surface area contributed by atoms with E-state index < -0.39 is 0 Å². The van der Waals surface area contributed by atoms with Crippen LogP contribution in [0.15, 0.2) is 0 Å². The molecule has 0 aliphatic carbocycles. The van der Waals surface area contributed by atoms with E-state index in [0.717, 1.165) is 36.3 Å². The molecule has 1 fully saturated rings. The molecular formula is C17H28BN3O. The van der Waals surface area contributed by atoms with Gasteiger partial charge in [0.2, 0.25) is 0 Å². The average Bonchev–Trinajstić information content (AvgIpc) is 3.05. The minimum absolute atomic E-state index is 0.0553. The maximum Gasteiger partial charge on any atom is 0.257 e.